The number of hydrogen-bond donors (Lipinski definition) is 1. The second-order valence-electron chi connectivity index (χ2n) is 5.41. The number of furan rings is 1. The maximum Gasteiger partial charge on any atom is 0.374 e. The van der Waals surface area contributed by atoms with Gasteiger partial charge in [-0.15, -0.1) is 0 Å². The van der Waals surface area contributed by atoms with Gasteiger partial charge >= 0.3 is 5.97 Å². The summed E-state index contributed by atoms with van der Waals surface area (Å²) >= 11 is 0. The number of rotatable bonds is 5. The van der Waals surface area contributed by atoms with Crippen LogP contribution >= 0.6 is 0 Å². The number of aliphatic hydroxyl groups excluding tert-OH is 1. The van der Waals surface area contributed by atoms with E-state index in [0.717, 1.165) is 50.5 Å². The molecular weight excluding hydrogens is 272 g/mol. The second kappa shape index (κ2) is 7.59. The zero-order valence-electron chi connectivity index (χ0n) is 12.8. The van der Waals surface area contributed by atoms with Gasteiger partial charge in [0.05, 0.1) is 20.3 Å². The fourth-order valence-electron chi connectivity index (χ4n) is 2.69. The summed E-state index contributed by atoms with van der Waals surface area (Å²) in [5, 5.41) is 9.01. The lowest BCUT2D eigenvalue weighted by atomic mass is 10.2. The highest BCUT2D eigenvalue weighted by molar-refractivity contribution is 5.87. The topological polar surface area (TPSA) is 66.2 Å². The van der Waals surface area contributed by atoms with Crippen LogP contribution in [0.5, 0.6) is 0 Å². The van der Waals surface area contributed by atoms with Crippen molar-refractivity contribution in [2.45, 2.75) is 19.9 Å². The molecule has 2 heterocycles. The van der Waals surface area contributed by atoms with Crippen LogP contribution < -0.4 is 0 Å². The number of aryl methyl sites for hydroxylation is 1. The first-order chi connectivity index (χ1) is 10.1. The first-order valence-corrected chi connectivity index (χ1v) is 7.37. The van der Waals surface area contributed by atoms with E-state index in [1.807, 2.05) is 13.0 Å². The summed E-state index contributed by atoms with van der Waals surface area (Å²) < 4.78 is 10.3. The minimum atomic E-state index is -0.427. The first-order valence-electron chi connectivity index (χ1n) is 7.37. The Balaban J connectivity index is 1.94. The Morgan fingerprint density at radius 3 is 2.76 bits per heavy atom. The van der Waals surface area contributed by atoms with E-state index in [9.17, 15) is 4.79 Å². The van der Waals surface area contributed by atoms with Crippen LogP contribution in [0, 0.1) is 6.92 Å². The van der Waals surface area contributed by atoms with Crippen molar-refractivity contribution >= 4 is 5.97 Å². The Bertz CT molecular complexity index is 472. The number of carbonyl (C=O) groups is 1. The van der Waals surface area contributed by atoms with E-state index in [4.69, 9.17) is 14.3 Å². The third-order valence-corrected chi connectivity index (χ3v) is 3.82. The summed E-state index contributed by atoms with van der Waals surface area (Å²) in [7, 11) is 1.36. The minimum absolute atomic E-state index is 0.208. The molecule has 0 radical (unpaired) electrons. The third-order valence-electron chi connectivity index (χ3n) is 3.82. The van der Waals surface area contributed by atoms with Crippen molar-refractivity contribution in [1.29, 1.82) is 0 Å². The van der Waals surface area contributed by atoms with Crippen LogP contribution in [0.2, 0.25) is 0 Å². The lowest BCUT2D eigenvalue weighted by Gasteiger charge is -2.20. The Morgan fingerprint density at radius 2 is 2.05 bits per heavy atom. The molecule has 0 atom stereocenters. The van der Waals surface area contributed by atoms with E-state index in [1.54, 1.807) is 0 Å². The fraction of sp³-hybridized carbons (Fsp3) is 0.667. The zero-order chi connectivity index (χ0) is 15.2. The molecule has 0 bridgehead atoms. The molecule has 1 aliphatic heterocycles. The Morgan fingerprint density at radius 1 is 1.33 bits per heavy atom. The average Bonchev–Trinajstić information content (AvgIpc) is 2.69. The molecule has 0 aliphatic carbocycles. The Labute approximate surface area is 125 Å². The molecule has 1 N–H and O–H groups in total. The first kappa shape index (κ1) is 16.0. The molecule has 0 amide bonds. The number of methoxy groups -OCH3 is 1. The van der Waals surface area contributed by atoms with Crippen LogP contribution in [-0.2, 0) is 11.3 Å². The largest absolute Gasteiger partial charge is 0.463 e. The molecular formula is C15H24N2O4. The number of ether oxygens (including phenoxy) is 1. The summed E-state index contributed by atoms with van der Waals surface area (Å²) in [6.45, 7) is 7.39. The zero-order valence-corrected chi connectivity index (χ0v) is 12.8. The van der Waals surface area contributed by atoms with Crippen LogP contribution in [-0.4, -0.2) is 67.3 Å². The third kappa shape index (κ3) is 4.30. The van der Waals surface area contributed by atoms with E-state index in [0.29, 0.717) is 12.3 Å². The number of aliphatic hydroxyl groups is 1. The van der Waals surface area contributed by atoms with Crippen molar-refractivity contribution in [3.63, 3.8) is 0 Å². The van der Waals surface area contributed by atoms with Crippen molar-refractivity contribution < 1.29 is 19.1 Å². The van der Waals surface area contributed by atoms with Gasteiger partial charge in [-0.1, -0.05) is 0 Å². The Kier molecular flexibility index (Phi) is 5.78. The van der Waals surface area contributed by atoms with Crippen LogP contribution in [0.25, 0.3) is 0 Å². The van der Waals surface area contributed by atoms with Gasteiger partial charge in [0.15, 0.2) is 0 Å². The monoisotopic (exact) mass is 296 g/mol. The Hall–Kier alpha value is -1.37. The van der Waals surface area contributed by atoms with Crippen LogP contribution in [0.3, 0.4) is 0 Å². The van der Waals surface area contributed by atoms with Gasteiger partial charge in [-0.25, -0.2) is 4.79 Å². The second-order valence-corrected chi connectivity index (χ2v) is 5.41. The summed E-state index contributed by atoms with van der Waals surface area (Å²) in [6.07, 6.45) is 1.07. The highest BCUT2D eigenvalue weighted by Crippen LogP contribution is 2.18. The fourth-order valence-corrected chi connectivity index (χ4v) is 2.69. The van der Waals surface area contributed by atoms with Crippen LogP contribution in [0.4, 0.5) is 0 Å². The maximum absolute atomic E-state index is 11.5. The predicted molar refractivity (Wildman–Crippen MR) is 78.2 cm³/mol. The van der Waals surface area contributed by atoms with E-state index < -0.39 is 5.97 Å². The molecule has 0 saturated carbocycles. The molecule has 0 spiro atoms. The smallest absolute Gasteiger partial charge is 0.374 e. The summed E-state index contributed by atoms with van der Waals surface area (Å²) in [6, 6.07) is 1.91. The summed E-state index contributed by atoms with van der Waals surface area (Å²) in [4.78, 5) is 16.1. The van der Waals surface area contributed by atoms with E-state index in [1.165, 1.54) is 7.11 Å². The molecule has 6 nitrogen and oxygen atoms in total. The van der Waals surface area contributed by atoms with Crippen molar-refractivity contribution in [2.75, 3.05) is 46.4 Å². The molecule has 2 rings (SSSR count). The van der Waals surface area contributed by atoms with E-state index in [-0.39, 0.29) is 6.61 Å². The van der Waals surface area contributed by atoms with Gasteiger partial charge in [0.1, 0.15) is 5.76 Å². The molecule has 1 fully saturated rings. The van der Waals surface area contributed by atoms with Gasteiger partial charge in [0.2, 0.25) is 5.76 Å². The molecule has 1 aromatic heterocycles. The van der Waals surface area contributed by atoms with Gasteiger partial charge in [-0.2, -0.15) is 0 Å². The number of β-amino-alcohol motifs (C(OH)–C–C–N with tert-alkyl or cyclic N) is 1. The normalized spacial score (nSPS) is 17.7. The molecule has 6 heteroatoms. The molecule has 0 aromatic carbocycles. The maximum atomic E-state index is 11.5. The van der Waals surface area contributed by atoms with Crippen molar-refractivity contribution in [1.82, 2.24) is 9.80 Å². The van der Waals surface area contributed by atoms with E-state index in [2.05, 4.69) is 9.80 Å². The van der Waals surface area contributed by atoms with Gasteiger partial charge in [-0.3, -0.25) is 9.80 Å². The molecule has 0 unspecified atom stereocenters. The van der Waals surface area contributed by atoms with Crippen molar-refractivity contribution in [3.05, 3.63) is 23.2 Å². The van der Waals surface area contributed by atoms with Gasteiger partial charge in [-0.05, 0) is 32.5 Å². The van der Waals surface area contributed by atoms with Crippen molar-refractivity contribution in [2.24, 2.45) is 0 Å². The summed E-state index contributed by atoms with van der Waals surface area (Å²) in [5.74, 6) is 0.663. The number of carbonyl (C=O) groups excluding carboxylic acids is 1. The lowest BCUT2D eigenvalue weighted by Crippen LogP contribution is -2.32. The summed E-state index contributed by atoms with van der Waals surface area (Å²) in [5.41, 5.74) is 0.813. The number of hydrogen-bond acceptors (Lipinski definition) is 6. The molecule has 118 valence electrons. The van der Waals surface area contributed by atoms with Gasteiger partial charge < -0.3 is 14.3 Å². The lowest BCUT2D eigenvalue weighted by molar-refractivity contribution is 0.0560. The highest BCUT2D eigenvalue weighted by atomic mass is 16.5. The number of nitrogens with zero attached hydrogens (tertiary/aromatic N) is 2. The van der Waals surface area contributed by atoms with Crippen molar-refractivity contribution in [3.8, 4) is 0 Å². The quantitative estimate of drug-likeness (QED) is 0.814. The minimum Gasteiger partial charge on any atom is -0.463 e. The van der Waals surface area contributed by atoms with Crippen LogP contribution in [0.1, 0.15) is 28.3 Å². The average molecular weight is 296 g/mol. The molecule has 1 aliphatic rings. The molecule has 1 aromatic rings. The van der Waals surface area contributed by atoms with Crippen LogP contribution in [0.15, 0.2) is 10.5 Å². The highest BCUT2D eigenvalue weighted by Gasteiger charge is 2.19. The van der Waals surface area contributed by atoms with E-state index >= 15 is 0 Å². The molecule has 21 heavy (non-hydrogen) atoms. The number of esters is 1. The standard InChI is InChI=1S/C15H24N2O4/c1-12-10-13(21-14(12)15(19)20-2)11-17-5-3-4-16(6-7-17)8-9-18/h10,18H,3-9,11H2,1-2H3. The predicted octanol–water partition coefficient (Wildman–Crippen LogP) is 0.875. The van der Waals surface area contributed by atoms with Gasteiger partial charge in [0.25, 0.3) is 0 Å². The SMILES string of the molecule is COC(=O)c1oc(CN2CCCN(CCO)CC2)cc1C. The van der Waals surface area contributed by atoms with Gasteiger partial charge in [0, 0.05) is 25.2 Å². The molecule has 1 saturated heterocycles.